The first-order valence-corrected chi connectivity index (χ1v) is 6.37. The van der Waals surface area contributed by atoms with Crippen LogP contribution in [0.5, 0.6) is 0 Å². The Labute approximate surface area is 112 Å². The van der Waals surface area contributed by atoms with Gasteiger partial charge in [-0.05, 0) is 21.8 Å². The van der Waals surface area contributed by atoms with Crippen molar-refractivity contribution in [2.24, 2.45) is 5.92 Å². The van der Waals surface area contributed by atoms with E-state index in [0.29, 0.717) is 22.1 Å². The standard InChI is InChI=1S/C11H13BrN4O2/c1-7(2)3-9-14-10(18-15-9)5-16-6-13-4-8(12)11(16)17/h4,6-7H,3,5H2,1-2H3. The number of aromatic nitrogens is 4. The number of hydrogen-bond donors (Lipinski definition) is 0. The lowest BCUT2D eigenvalue weighted by Gasteiger charge is -2.00. The van der Waals surface area contributed by atoms with Gasteiger partial charge in [-0.15, -0.1) is 0 Å². The summed E-state index contributed by atoms with van der Waals surface area (Å²) in [6, 6.07) is 0. The van der Waals surface area contributed by atoms with Crippen molar-refractivity contribution < 1.29 is 4.52 Å². The predicted octanol–water partition coefficient (Wildman–Crippen LogP) is 1.64. The number of halogens is 1. The summed E-state index contributed by atoms with van der Waals surface area (Å²) in [6.45, 7) is 4.40. The molecule has 0 unspecified atom stereocenters. The van der Waals surface area contributed by atoms with Gasteiger partial charge < -0.3 is 4.52 Å². The van der Waals surface area contributed by atoms with Crippen molar-refractivity contribution >= 4 is 15.9 Å². The van der Waals surface area contributed by atoms with Gasteiger partial charge in [0.1, 0.15) is 11.0 Å². The van der Waals surface area contributed by atoms with Crippen LogP contribution in [-0.2, 0) is 13.0 Å². The Kier molecular flexibility index (Phi) is 3.90. The highest BCUT2D eigenvalue weighted by molar-refractivity contribution is 9.10. The quantitative estimate of drug-likeness (QED) is 0.858. The van der Waals surface area contributed by atoms with Gasteiger partial charge in [-0.25, -0.2) is 4.98 Å². The zero-order valence-corrected chi connectivity index (χ0v) is 11.7. The zero-order chi connectivity index (χ0) is 13.1. The van der Waals surface area contributed by atoms with E-state index in [4.69, 9.17) is 4.52 Å². The van der Waals surface area contributed by atoms with Gasteiger partial charge in [0.25, 0.3) is 5.56 Å². The van der Waals surface area contributed by atoms with Gasteiger partial charge in [-0.1, -0.05) is 19.0 Å². The van der Waals surface area contributed by atoms with Crippen molar-refractivity contribution in [1.29, 1.82) is 0 Å². The van der Waals surface area contributed by atoms with Gasteiger partial charge in [0.2, 0.25) is 5.89 Å². The molecule has 0 aliphatic heterocycles. The van der Waals surface area contributed by atoms with Crippen LogP contribution in [0.4, 0.5) is 0 Å². The van der Waals surface area contributed by atoms with Crippen molar-refractivity contribution in [3.63, 3.8) is 0 Å². The van der Waals surface area contributed by atoms with E-state index in [9.17, 15) is 4.79 Å². The summed E-state index contributed by atoms with van der Waals surface area (Å²) in [5.41, 5.74) is -0.173. The maximum Gasteiger partial charge on any atom is 0.268 e. The fourth-order valence-corrected chi connectivity index (χ4v) is 1.83. The van der Waals surface area contributed by atoms with Crippen LogP contribution in [-0.4, -0.2) is 19.7 Å². The molecule has 2 rings (SSSR count). The topological polar surface area (TPSA) is 73.8 Å². The molecule has 0 amide bonds. The molecule has 0 aromatic carbocycles. The highest BCUT2D eigenvalue weighted by atomic mass is 79.9. The van der Waals surface area contributed by atoms with Crippen LogP contribution < -0.4 is 5.56 Å². The molecule has 0 saturated heterocycles. The maximum absolute atomic E-state index is 11.7. The molecular formula is C11H13BrN4O2. The summed E-state index contributed by atoms with van der Waals surface area (Å²) in [6.07, 6.45) is 3.66. The van der Waals surface area contributed by atoms with Crippen LogP contribution in [0.25, 0.3) is 0 Å². The molecule has 0 bridgehead atoms. The summed E-state index contributed by atoms with van der Waals surface area (Å²) in [5, 5.41) is 3.87. The lowest BCUT2D eigenvalue weighted by atomic mass is 10.1. The molecule has 0 atom stereocenters. The molecule has 0 aliphatic carbocycles. The second-order valence-electron chi connectivity index (χ2n) is 4.38. The molecule has 96 valence electrons. The molecule has 0 N–H and O–H groups in total. The maximum atomic E-state index is 11.7. The Hall–Kier alpha value is -1.50. The van der Waals surface area contributed by atoms with E-state index in [1.807, 2.05) is 0 Å². The van der Waals surface area contributed by atoms with E-state index in [1.54, 1.807) is 0 Å². The van der Waals surface area contributed by atoms with E-state index >= 15 is 0 Å². The van der Waals surface area contributed by atoms with Gasteiger partial charge in [0, 0.05) is 12.6 Å². The third-order valence-corrected chi connectivity index (χ3v) is 2.81. The second kappa shape index (κ2) is 5.43. The van der Waals surface area contributed by atoms with Crippen LogP contribution in [0.2, 0.25) is 0 Å². The van der Waals surface area contributed by atoms with Gasteiger partial charge in [0.15, 0.2) is 5.82 Å². The van der Waals surface area contributed by atoms with Crippen molar-refractivity contribution in [2.75, 3.05) is 0 Å². The Bertz CT molecular complexity index is 591. The van der Waals surface area contributed by atoms with Gasteiger partial charge in [-0.3, -0.25) is 9.36 Å². The van der Waals surface area contributed by atoms with Crippen molar-refractivity contribution in [1.82, 2.24) is 19.7 Å². The average Bonchev–Trinajstić information content (AvgIpc) is 2.71. The Morgan fingerprint density at radius 3 is 3.00 bits per heavy atom. The lowest BCUT2D eigenvalue weighted by Crippen LogP contribution is -2.21. The van der Waals surface area contributed by atoms with Crippen LogP contribution in [0, 0.1) is 5.92 Å². The fourth-order valence-electron chi connectivity index (χ4n) is 1.48. The molecule has 0 aliphatic rings. The summed E-state index contributed by atoms with van der Waals surface area (Å²) in [5.74, 6) is 1.54. The van der Waals surface area contributed by atoms with Crippen LogP contribution in [0.3, 0.4) is 0 Å². The van der Waals surface area contributed by atoms with Gasteiger partial charge >= 0.3 is 0 Å². The minimum atomic E-state index is -0.173. The second-order valence-corrected chi connectivity index (χ2v) is 5.23. The van der Waals surface area contributed by atoms with Crippen molar-refractivity contribution in [3.8, 4) is 0 Å². The molecule has 0 fully saturated rings. The minimum absolute atomic E-state index is 0.173. The summed E-state index contributed by atoms with van der Waals surface area (Å²) >= 11 is 3.13. The molecule has 7 heteroatoms. The van der Waals surface area contributed by atoms with Crippen molar-refractivity contribution in [2.45, 2.75) is 26.8 Å². The van der Waals surface area contributed by atoms with Crippen LogP contribution in [0.15, 0.2) is 26.3 Å². The largest absolute Gasteiger partial charge is 0.337 e. The minimum Gasteiger partial charge on any atom is -0.337 e. The van der Waals surface area contributed by atoms with Crippen LogP contribution in [0.1, 0.15) is 25.6 Å². The molecular weight excluding hydrogens is 300 g/mol. The summed E-state index contributed by atoms with van der Waals surface area (Å²) in [7, 11) is 0. The average molecular weight is 313 g/mol. The number of hydrogen-bond acceptors (Lipinski definition) is 5. The first kappa shape index (κ1) is 12.9. The molecule has 0 saturated carbocycles. The molecule has 2 aromatic rings. The lowest BCUT2D eigenvalue weighted by molar-refractivity contribution is 0.362. The summed E-state index contributed by atoms with van der Waals surface area (Å²) in [4.78, 5) is 19.9. The Morgan fingerprint density at radius 2 is 2.28 bits per heavy atom. The van der Waals surface area contributed by atoms with E-state index in [-0.39, 0.29) is 12.1 Å². The highest BCUT2D eigenvalue weighted by Gasteiger charge is 2.10. The monoisotopic (exact) mass is 312 g/mol. The van der Waals surface area contributed by atoms with E-state index in [2.05, 4.69) is 44.9 Å². The van der Waals surface area contributed by atoms with E-state index in [0.717, 1.165) is 6.42 Å². The third kappa shape index (κ3) is 3.04. The van der Waals surface area contributed by atoms with Gasteiger partial charge in [0.05, 0.1) is 6.33 Å². The Balaban J connectivity index is 2.16. The normalized spacial score (nSPS) is 11.1. The smallest absolute Gasteiger partial charge is 0.268 e. The number of rotatable bonds is 4. The van der Waals surface area contributed by atoms with Crippen LogP contribution >= 0.6 is 15.9 Å². The SMILES string of the molecule is CC(C)Cc1noc(Cn2cncc(Br)c2=O)n1. The van der Waals surface area contributed by atoms with Gasteiger partial charge in [-0.2, -0.15) is 4.98 Å². The molecule has 0 spiro atoms. The van der Waals surface area contributed by atoms with E-state index in [1.165, 1.54) is 17.1 Å². The zero-order valence-electron chi connectivity index (χ0n) is 10.1. The molecule has 6 nitrogen and oxygen atoms in total. The highest BCUT2D eigenvalue weighted by Crippen LogP contribution is 2.06. The first-order chi connectivity index (χ1) is 8.56. The number of nitrogens with zero attached hydrogens (tertiary/aromatic N) is 4. The van der Waals surface area contributed by atoms with Crippen molar-refractivity contribution in [3.05, 3.63) is 39.1 Å². The fraction of sp³-hybridized carbons (Fsp3) is 0.455. The third-order valence-electron chi connectivity index (χ3n) is 2.27. The molecule has 2 heterocycles. The Morgan fingerprint density at radius 1 is 1.50 bits per heavy atom. The van der Waals surface area contributed by atoms with E-state index < -0.39 is 0 Å². The molecule has 2 aromatic heterocycles. The summed E-state index contributed by atoms with van der Waals surface area (Å²) < 4.78 is 6.92. The predicted molar refractivity (Wildman–Crippen MR) is 68.1 cm³/mol. The first-order valence-electron chi connectivity index (χ1n) is 5.57. The molecule has 0 radical (unpaired) electrons. The molecule has 18 heavy (non-hydrogen) atoms.